The minimum absolute atomic E-state index is 0.149. The van der Waals surface area contributed by atoms with Gasteiger partial charge in [-0.15, -0.1) is 11.3 Å². The first-order valence-electron chi connectivity index (χ1n) is 30.9. The fraction of sp³-hybridized carbons (Fsp3) is 0.522. The molecule has 5 heterocycles. The minimum Gasteiger partial charge on any atom is -0.381 e. The van der Waals surface area contributed by atoms with Gasteiger partial charge in [-0.3, -0.25) is 33.8 Å². The predicted octanol–water partition coefficient (Wildman–Crippen LogP) is 9.66. The van der Waals surface area contributed by atoms with Gasteiger partial charge in [0, 0.05) is 125 Å². The average molecular weight is 1180 g/mol. The molecule has 3 fully saturated rings. The number of carbonyl (C=O) groups excluding carboxylic acids is 4. The number of unbranched alkanes of at least 4 members (excludes halogenated alkanes) is 2. The number of H-pyrrole nitrogens is 1. The summed E-state index contributed by atoms with van der Waals surface area (Å²) in [5, 5.41) is 9.95. The van der Waals surface area contributed by atoms with Gasteiger partial charge in [0.2, 0.25) is 17.7 Å². The van der Waals surface area contributed by atoms with Crippen LogP contribution in [0.15, 0.2) is 89.3 Å². The zero-order valence-electron chi connectivity index (χ0n) is 50.9. The van der Waals surface area contributed by atoms with Crippen LogP contribution in [-0.4, -0.2) is 144 Å². The van der Waals surface area contributed by atoms with Crippen LogP contribution in [0.3, 0.4) is 0 Å². The van der Waals surface area contributed by atoms with E-state index in [1.54, 1.807) is 16.2 Å². The van der Waals surface area contributed by atoms with Gasteiger partial charge in [-0.2, -0.15) is 0 Å². The lowest BCUT2D eigenvalue weighted by atomic mass is 9.85. The molecule has 3 aromatic carbocycles. The largest absolute Gasteiger partial charge is 0.381 e. The maximum Gasteiger partial charge on any atom is 0.253 e. The van der Waals surface area contributed by atoms with Crippen LogP contribution in [0.4, 0.5) is 0 Å². The standard InChI is InChI=1S/C67H89N9O8S/c1-46-38-47(2)71-64(79)57(46)42-69-63(78)56-39-53(40-59-55(56)25-27-75(59)54-14-7-8-15-54)51-21-19-50(20-22-51)43-74-30-28-73(29-31-74)32-37-83-35-10-9-33-82-34-11-12-36-84-44-60(77)72-62(67(4,5)6)66(81)76-26-13-16-58(76)65(80)68-41-49-17-23-52(24-18-49)61-48(3)70-45-85-61/h17-25,27,38-40,45,54,58,62H,7-16,26,28-37,41-44H2,1-6H3,(H,68,80)(H,69,78)(H,71,79)(H,72,77)/t58-,62?/m0/s1. The number of aromatic nitrogens is 3. The molecule has 85 heavy (non-hydrogen) atoms. The van der Waals surface area contributed by atoms with Crippen LogP contribution in [0.5, 0.6) is 0 Å². The van der Waals surface area contributed by atoms with Crippen LogP contribution >= 0.6 is 11.3 Å². The smallest absolute Gasteiger partial charge is 0.253 e. The van der Waals surface area contributed by atoms with Crippen molar-refractivity contribution in [1.29, 1.82) is 0 Å². The average Bonchev–Trinajstić information content (AvgIpc) is 4.28. The highest BCUT2D eigenvalue weighted by Crippen LogP contribution is 2.37. The van der Waals surface area contributed by atoms with Crippen molar-refractivity contribution >= 4 is 45.9 Å². The second kappa shape index (κ2) is 30.2. The first kappa shape index (κ1) is 63.0. The number of nitrogens with zero attached hydrogens (tertiary/aromatic N) is 5. The van der Waals surface area contributed by atoms with E-state index in [0.717, 1.165) is 133 Å². The van der Waals surface area contributed by atoms with Crippen molar-refractivity contribution in [1.82, 2.24) is 45.2 Å². The highest BCUT2D eigenvalue weighted by Gasteiger charge is 2.42. The molecule has 17 nitrogen and oxygen atoms in total. The van der Waals surface area contributed by atoms with Crippen molar-refractivity contribution in [2.75, 3.05) is 78.9 Å². The van der Waals surface area contributed by atoms with Crippen LogP contribution in [0.25, 0.3) is 32.5 Å². The summed E-state index contributed by atoms with van der Waals surface area (Å²) in [7, 11) is 0. The lowest BCUT2D eigenvalue weighted by Gasteiger charge is -2.35. The van der Waals surface area contributed by atoms with Crippen LogP contribution in [-0.2, 0) is 48.2 Å². The van der Waals surface area contributed by atoms with Crippen molar-refractivity contribution in [2.24, 2.45) is 5.41 Å². The highest BCUT2D eigenvalue weighted by atomic mass is 32.1. The van der Waals surface area contributed by atoms with E-state index in [-0.39, 0.29) is 42.3 Å². The molecule has 4 amide bonds. The molecule has 3 aliphatic rings. The molecule has 2 atom stereocenters. The van der Waals surface area contributed by atoms with Crippen LogP contribution in [0, 0.1) is 26.2 Å². The molecule has 1 saturated carbocycles. The van der Waals surface area contributed by atoms with E-state index in [1.807, 2.05) is 83.5 Å². The number of benzene rings is 3. The van der Waals surface area contributed by atoms with Crippen molar-refractivity contribution in [2.45, 2.75) is 144 Å². The Labute approximate surface area is 505 Å². The summed E-state index contributed by atoms with van der Waals surface area (Å²) in [6.45, 7) is 21.3. The number of ether oxygens (including phenoxy) is 3. The van der Waals surface area contributed by atoms with Gasteiger partial charge >= 0.3 is 0 Å². The van der Waals surface area contributed by atoms with Gasteiger partial charge in [-0.25, -0.2) is 4.98 Å². The summed E-state index contributed by atoms with van der Waals surface area (Å²) in [4.78, 5) is 82.2. The predicted molar refractivity (Wildman–Crippen MR) is 335 cm³/mol. The first-order chi connectivity index (χ1) is 41.1. The Morgan fingerprint density at radius 1 is 0.718 bits per heavy atom. The SMILES string of the molecule is Cc1cc(C)c(CNC(=O)c2cc(-c3ccc(CN4CCN(CCOCCCCOCCCCOCC(=O)NC(C(=O)N5CCC[C@H]5C(=O)NCc5ccc(-c6scnc6C)cc5)C(C)(C)C)CC4)cc3)cc3c2ccn3C2CCCC2)c(=O)[nH]1. The third kappa shape index (κ3) is 17.1. The molecular formula is C67H89N9O8S. The monoisotopic (exact) mass is 1180 g/mol. The minimum atomic E-state index is -0.809. The molecule has 1 unspecified atom stereocenters. The van der Waals surface area contributed by atoms with Crippen LogP contribution < -0.4 is 21.5 Å². The lowest BCUT2D eigenvalue weighted by Crippen LogP contribution is -2.58. The molecule has 3 aromatic heterocycles. The number of pyridine rings is 1. The number of rotatable bonds is 28. The van der Waals surface area contributed by atoms with Gasteiger partial charge in [-0.05, 0) is 135 Å². The Morgan fingerprint density at radius 3 is 2.05 bits per heavy atom. The van der Waals surface area contributed by atoms with E-state index in [0.29, 0.717) is 76.1 Å². The number of amides is 4. The number of nitrogens with one attached hydrogen (secondary N) is 4. The Kier molecular flexibility index (Phi) is 22.4. The van der Waals surface area contributed by atoms with Gasteiger partial charge in [0.1, 0.15) is 18.7 Å². The molecule has 4 N–H and O–H groups in total. The van der Waals surface area contributed by atoms with E-state index in [4.69, 9.17) is 14.2 Å². The summed E-state index contributed by atoms with van der Waals surface area (Å²) in [6.07, 6.45) is 11.6. The number of carbonyl (C=O) groups is 4. The Hall–Kier alpha value is -6.54. The molecule has 0 radical (unpaired) electrons. The fourth-order valence-electron chi connectivity index (χ4n) is 12.1. The second-order valence-electron chi connectivity index (χ2n) is 24.5. The van der Waals surface area contributed by atoms with E-state index >= 15 is 0 Å². The summed E-state index contributed by atoms with van der Waals surface area (Å²) in [5.74, 6) is -0.986. The summed E-state index contributed by atoms with van der Waals surface area (Å²) in [6, 6.07) is 24.1. The van der Waals surface area contributed by atoms with Crippen LogP contribution in [0.1, 0.15) is 135 Å². The lowest BCUT2D eigenvalue weighted by molar-refractivity contribution is -0.144. The quantitative estimate of drug-likeness (QED) is 0.0342. The molecule has 456 valence electrons. The Morgan fingerprint density at radius 2 is 1.38 bits per heavy atom. The molecular weight excluding hydrogens is 1090 g/mol. The number of aromatic amines is 1. The van der Waals surface area contributed by atoms with E-state index in [1.165, 1.54) is 18.4 Å². The summed E-state index contributed by atoms with van der Waals surface area (Å²) < 4.78 is 19.9. The molecule has 18 heteroatoms. The number of fused-ring (bicyclic) bond motifs is 1. The third-order valence-corrected chi connectivity index (χ3v) is 18.0. The van der Waals surface area contributed by atoms with Crippen molar-refractivity contribution < 1.29 is 33.4 Å². The highest BCUT2D eigenvalue weighted by molar-refractivity contribution is 7.13. The normalized spacial score (nSPS) is 16.5. The number of thiazole rings is 1. The molecule has 0 bridgehead atoms. The molecule has 6 aromatic rings. The molecule has 9 rings (SSSR count). The molecule has 2 saturated heterocycles. The van der Waals surface area contributed by atoms with E-state index < -0.39 is 17.5 Å². The number of aryl methyl sites for hydroxylation is 3. The molecule has 0 spiro atoms. The second-order valence-corrected chi connectivity index (χ2v) is 25.3. The number of likely N-dealkylation sites (tertiary alicyclic amines) is 1. The zero-order valence-corrected chi connectivity index (χ0v) is 51.7. The number of piperazine rings is 1. The van der Waals surface area contributed by atoms with Gasteiger partial charge in [0.05, 0.1) is 22.7 Å². The van der Waals surface area contributed by atoms with Gasteiger partial charge in [-0.1, -0.05) is 82.1 Å². The Balaban J connectivity index is 0.607. The number of hydrogen-bond acceptors (Lipinski definition) is 12. The first-order valence-corrected chi connectivity index (χ1v) is 31.7. The maximum absolute atomic E-state index is 14.0. The van der Waals surface area contributed by atoms with Crippen molar-refractivity contribution in [3.8, 4) is 21.6 Å². The van der Waals surface area contributed by atoms with Crippen molar-refractivity contribution in [3.63, 3.8) is 0 Å². The van der Waals surface area contributed by atoms with Crippen LogP contribution in [0.2, 0.25) is 0 Å². The van der Waals surface area contributed by atoms with Gasteiger partial charge in [0.15, 0.2) is 0 Å². The van der Waals surface area contributed by atoms with Gasteiger partial charge < -0.3 is 44.6 Å². The summed E-state index contributed by atoms with van der Waals surface area (Å²) in [5.41, 5.74) is 11.4. The molecule has 1 aliphatic carbocycles. The fourth-order valence-corrected chi connectivity index (χ4v) is 12.9. The van der Waals surface area contributed by atoms with E-state index in [2.05, 4.69) is 82.9 Å². The maximum atomic E-state index is 14.0. The van der Waals surface area contributed by atoms with Crippen molar-refractivity contribution in [3.05, 3.63) is 134 Å². The zero-order chi connectivity index (χ0) is 59.9. The molecule has 2 aliphatic heterocycles. The van der Waals surface area contributed by atoms with E-state index in [9.17, 15) is 24.0 Å². The third-order valence-electron chi connectivity index (χ3n) is 17.0. The summed E-state index contributed by atoms with van der Waals surface area (Å²) >= 11 is 1.60. The Bertz CT molecular complexity index is 3240. The van der Waals surface area contributed by atoms with Gasteiger partial charge in [0.25, 0.3) is 11.5 Å². The topological polar surface area (TPSA) is 192 Å². The number of hydrogen-bond donors (Lipinski definition) is 4.